The summed E-state index contributed by atoms with van der Waals surface area (Å²) in [6.07, 6.45) is 3.41. The molecule has 0 radical (unpaired) electrons. The van der Waals surface area contributed by atoms with Crippen LogP contribution in [0.4, 0.5) is 0 Å². The van der Waals surface area contributed by atoms with Crippen LogP contribution in [0.1, 0.15) is 30.4 Å². The molecule has 3 nitrogen and oxygen atoms in total. The zero-order valence-electron chi connectivity index (χ0n) is 9.67. The van der Waals surface area contributed by atoms with E-state index in [2.05, 4.69) is 24.4 Å². The van der Waals surface area contributed by atoms with Crippen LogP contribution in [0.15, 0.2) is 53.3 Å². The first kappa shape index (κ1) is 10.6. The molecular formula is C14H15NO2. The number of furan rings is 1. The number of hydrogen-bond acceptors (Lipinski definition) is 3. The lowest BCUT2D eigenvalue weighted by Crippen LogP contribution is -2.23. The Morgan fingerprint density at radius 3 is 2.59 bits per heavy atom. The first-order chi connectivity index (χ1) is 8.34. The molecule has 0 aliphatic carbocycles. The highest BCUT2D eigenvalue weighted by atomic mass is 16.5. The van der Waals surface area contributed by atoms with Crippen LogP contribution in [0.5, 0.6) is 0 Å². The standard InChI is InChI=1S/C14H15NO2/c1-10-13(11-5-3-2-4-6-11)17-14(15-10)12-7-8-16-9-12/h2-10,13-15H,1H3. The Hall–Kier alpha value is -1.58. The quantitative estimate of drug-likeness (QED) is 0.859. The molecule has 3 heteroatoms. The van der Waals surface area contributed by atoms with E-state index in [4.69, 9.17) is 9.15 Å². The Bertz CT molecular complexity index is 466. The molecule has 88 valence electrons. The molecule has 1 aliphatic heterocycles. The summed E-state index contributed by atoms with van der Waals surface area (Å²) in [7, 11) is 0. The maximum absolute atomic E-state index is 6.03. The van der Waals surface area contributed by atoms with Crippen molar-refractivity contribution in [2.45, 2.75) is 25.3 Å². The van der Waals surface area contributed by atoms with Gasteiger partial charge >= 0.3 is 0 Å². The fourth-order valence-electron chi connectivity index (χ4n) is 2.24. The number of ether oxygens (including phenoxy) is 1. The first-order valence-corrected chi connectivity index (χ1v) is 5.83. The van der Waals surface area contributed by atoms with Gasteiger partial charge in [-0.05, 0) is 18.6 Å². The van der Waals surface area contributed by atoms with Crippen LogP contribution in [0.25, 0.3) is 0 Å². The molecule has 1 aromatic carbocycles. The van der Waals surface area contributed by atoms with E-state index in [9.17, 15) is 0 Å². The predicted molar refractivity (Wildman–Crippen MR) is 64.3 cm³/mol. The molecule has 3 unspecified atom stereocenters. The van der Waals surface area contributed by atoms with Crippen LogP contribution in [-0.2, 0) is 4.74 Å². The van der Waals surface area contributed by atoms with Gasteiger partial charge in [0.15, 0.2) is 0 Å². The monoisotopic (exact) mass is 229 g/mol. The lowest BCUT2D eigenvalue weighted by Gasteiger charge is -2.13. The molecule has 1 aliphatic rings. The average molecular weight is 229 g/mol. The van der Waals surface area contributed by atoms with E-state index in [1.54, 1.807) is 12.5 Å². The summed E-state index contributed by atoms with van der Waals surface area (Å²) in [4.78, 5) is 0. The zero-order chi connectivity index (χ0) is 11.7. The van der Waals surface area contributed by atoms with E-state index in [1.165, 1.54) is 5.56 Å². The second-order valence-electron chi connectivity index (χ2n) is 4.36. The highest BCUT2D eigenvalue weighted by Crippen LogP contribution is 2.34. The molecule has 1 fully saturated rings. The predicted octanol–water partition coefficient (Wildman–Crippen LogP) is 3.03. The van der Waals surface area contributed by atoms with Gasteiger partial charge in [0.2, 0.25) is 0 Å². The molecule has 0 amide bonds. The minimum absolute atomic E-state index is 0.0750. The van der Waals surface area contributed by atoms with Gasteiger partial charge in [0, 0.05) is 11.6 Å². The summed E-state index contributed by atoms with van der Waals surface area (Å²) >= 11 is 0. The fraction of sp³-hybridized carbons (Fsp3) is 0.286. The molecule has 1 aromatic heterocycles. The van der Waals surface area contributed by atoms with E-state index in [0.29, 0.717) is 0 Å². The maximum atomic E-state index is 6.03. The minimum Gasteiger partial charge on any atom is -0.472 e. The van der Waals surface area contributed by atoms with Crippen LogP contribution in [-0.4, -0.2) is 6.04 Å². The van der Waals surface area contributed by atoms with Gasteiger partial charge in [-0.1, -0.05) is 30.3 Å². The lowest BCUT2D eigenvalue weighted by molar-refractivity contribution is 0.0360. The molecule has 0 saturated carbocycles. The van der Waals surface area contributed by atoms with E-state index in [-0.39, 0.29) is 18.4 Å². The second-order valence-corrected chi connectivity index (χ2v) is 4.36. The van der Waals surface area contributed by atoms with Gasteiger partial charge in [-0.15, -0.1) is 0 Å². The van der Waals surface area contributed by atoms with Crippen molar-refractivity contribution in [2.24, 2.45) is 0 Å². The summed E-state index contributed by atoms with van der Waals surface area (Å²) in [5, 5.41) is 3.42. The lowest BCUT2D eigenvalue weighted by atomic mass is 10.0. The molecule has 1 saturated heterocycles. The smallest absolute Gasteiger partial charge is 0.138 e. The molecule has 2 heterocycles. The molecule has 17 heavy (non-hydrogen) atoms. The number of benzene rings is 1. The van der Waals surface area contributed by atoms with Crippen LogP contribution in [0.3, 0.4) is 0 Å². The van der Waals surface area contributed by atoms with Gasteiger partial charge < -0.3 is 9.15 Å². The second kappa shape index (κ2) is 4.35. The zero-order valence-corrected chi connectivity index (χ0v) is 9.67. The van der Waals surface area contributed by atoms with Crippen LogP contribution in [0.2, 0.25) is 0 Å². The Kier molecular flexibility index (Phi) is 2.71. The minimum atomic E-state index is -0.0750. The van der Waals surface area contributed by atoms with Gasteiger partial charge in [0.25, 0.3) is 0 Å². The maximum Gasteiger partial charge on any atom is 0.138 e. The van der Waals surface area contributed by atoms with Crippen molar-refractivity contribution in [3.05, 3.63) is 60.1 Å². The summed E-state index contributed by atoms with van der Waals surface area (Å²) in [5.74, 6) is 0. The molecule has 0 bridgehead atoms. The van der Waals surface area contributed by atoms with Crippen molar-refractivity contribution < 1.29 is 9.15 Å². The largest absolute Gasteiger partial charge is 0.472 e. The van der Waals surface area contributed by atoms with Crippen molar-refractivity contribution in [2.75, 3.05) is 0 Å². The topological polar surface area (TPSA) is 34.4 Å². The third-order valence-corrected chi connectivity index (χ3v) is 3.13. The Morgan fingerprint density at radius 2 is 1.88 bits per heavy atom. The first-order valence-electron chi connectivity index (χ1n) is 5.83. The van der Waals surface area contributed by atoms with Gasteiger partial charge in [-0.2, -0.15) is 0 Å². The van der Waals surface area contributed by atoms with Crippen molar-refractivity contribution >= 4 is 0 Å². The van der Waals surface area contributed by atoms with Crippen LogP contribution < -0.4 is 5.32 Å². The highest BCUT2D eigenvalue weighted by molar-refractivity contribution is 5.21. The van der Waals surface area contributed by atoms with Crippen LogP contribution >= 0.6 is 0 Å². The van der Waals surface area contributed by atoms with E-state index < -0.39 is 0 Å². The normalized spacial score (nSPS) is 28.4. The number of hydrogen-bond donors (Lipinski definition) is 1. The van der Waals surface area contributed by atoms with Crippen molar-refractivity contribution in [3.8, 4) is 0 Å². The number of rotatable bonds is 2. The van der Waals surface area contributed by atoms with Gasteiger partial charge in [-0.25, -0.2) is 0 Å². The summed E-state index contributed by atoms with van der Waals surface area (Å²) in [5.41, 5.74) is 2.24. The average Bonchev–Trinajstić information content (AvgIpc) is 2.99. The Morgan fingerprint density at radius 1 is 1.06 bits per heavy atom. The summed E-state index contributed by atoms with van der Waals surface area (Å²) < 4.78 is 11.1. The van der Waals surface area contributed by atoms with Gasteiger partial charge in [0.05, 0.1) is 12.5 Å². The van der Waals surface area contributed by atoms with Crippen molar-refractivity contribution in [3.63, 3.8) is 0 Å². The third-order valence-electron chi connectivity index (χ3n) is 3.13. The van der Waals surface area contributed by atoms with Crippen molar-refractivity contribution in [1.82, 2.24) is 5.32 Å². The van der Waals surface area contributed by atoms with Crippen molar-refractivity contribution in [1.29, 1.82) is 0 Å². The van der Waals surface area contributed by atoms with Gasteiger partial charge in [0.1, 0.15) is 12.3 Å². The van der Waals surface area contributed by atoms with Crippen LogP contribution in [0, 0.1) is 0 Å². The van der Waals surface area contributed by atoms with E-state index in [0.717, 1.165) is 5.56 Å². The SMILES string of the molecule is CC1NC(c2ccoc2)OC1c1ccccc1. The molecule has 0 spiro atoms. The van der Waals surface area contributed by atoms with Gasteiger partial charge in [-0.3, -0.25) is 5.32 Å². The van der Waals surface area contributed by atoms with E-state index in [1.807, 2.05) is 24.3 Å². The summed E-state index contributed by atoms with van der Waals surface area (Å²) in [6, 6.07) is 12.5. The molecular weight excluding hydrogens is 214 g/mol. The highest BCUT2D eigenvalue weighted by Gasteiger charge is 2.33. The fourth-order valence-corrected chi connectivity index (χ4v) is 2.24. The number of nitrogens with one attached hydrogen (secondary N) is 1. The Balaban J connectivity index is 1.81. The molecule has 1 N–H and O–H groups in total. The third kappa shape index (κ3) is 1.99. The van der Waals surface area contributed by atoms with E-state index >= 15 is 0 Å². The molecule has 3 rings (SSSR count). The molecule has 2 aromatic rings. The molecule has 3 atom stereocenters. The summed E-state index contributed by atoms with van der Waals surface area (Å²) in [6.45, 7) is 2.14. The Labute approximate surface area is 100 Å².